The van der Waals surface area contributed by atoms with Crippen LogP contribution in [0.1, 0.15) is 32.8 Å². The van der Waals surface area contributed by atoms with E-state index in [1.165, 1.54) is 6.92 Å². The molecule has 0 heterocycles. The third-order valence-corrected chi connectivity index (χ3v) is 3.74. The second kappa shape index (κ2) is 10.2. The Morgan fingerprint density at radius 1 is 1.30 bits per heavy atom. The number of hydrogen-bond donors (Lipinski definition) is 1. The van der Waals surface area contributed by atoms with Gasteiger partial charge in [-0.3, -0.25) is 9.59 Å². The van der Waals surface area contributed by atoms with Gasteiger partial charge < -0.3 is 15.0 Å². The Balaban J connectivity index is 2.56. The molecule has 0 aliphatic rings. The molecule has 2 amide bonds. The van der Waals surface area contributed by atoms with Gasteiger partial charge in [-0.2, -0.15) is 0 Å². The van der Waals surface area contributed by atoms with E-state index in [-0.39, 0.29) is 11.8 Å². The van der Waals surface area contributed by atoms with Gasteiger partial charge in [0.05, 0.1) is 0 Å². The molecule has 1 N–H and O–H groups in total. The van der Waals surface area contributed by atoms with Gasteiger partial charge in [-0.15, -0.1) is 0 Å². The van der Waals surface area contributed by atoms with E-state index >= 15 is 0 Å². The zero-order valence-corrected chi connectivity index (χ0v) is 14.7. The minimum absolute atomic E-state index is 0.142. The lowest BCUT2D eigenvalue weighted by molar-refractivity contribution is -0.139. The first kappa shape index (κ1) is 19.5. The summed E-state index contributed by atoms with van der Waals surface area (Å²) < 4.78 is 5.22. The summed E-state index contributed by atoms with van der Waals surface area (Å²) in [5, 5.41) is 3.48. The lowest BCUT2D eigenvalue weighted by Gasteiger charge is -2.27. The maximum atomic E-state index is 12.2. The van der Waals surface area contributed by atoms with E-state index in [1.54, 1.807) is 24.0 Å². The number of halogens is 1. The van der Waals surface area contributed by atoms with E-state index in [9.17, 15) is 9.59 Å². The fourth-order valence-corrected chi connectivity index (χ4v) is 2.25. The van der Waals surface area contributed by atoms with Crippen molar-refractivity contribution in [3.05, 3.63) is 34.9 Å². The molecule has 0 aromatic heterocycles. The van der Waals surface area contributed by atoms with E-state index < -0.39 is 6.04 Å². The van der Waals surface area contributed by atoms with Gasteiger partial charge in [0.25, 0.3) is 0 Å². The Hall–Kier alpha value is -1.59. The van der Waals surface area contributed by atoms with Crippen molar-refractivity contribution >= 4 is 23.4 Å². The molecule has 23 heavy (non-hydrogen) atoms. The maximum Gasteiger partial charge on any atom is 0.242 e. The number of carbonyl (C=O) groups is 2. The molecule has 1 atom stereocenters. The van der Waals surface area contributed by atoms with Gasteiger partial charge >= 0.3 is 0 Å². The Morgan fingerprint density at radius 3 is 2.52 bits per heavy atom. The highest BCUT2D eigenvalue weighted by Crippen LogP contribution is 2.13. The number of carbonyl (C=O) groups excluding carboxylic acids is 2. The number of ether oxygens (including phenoxy) is 1. The van der Waals surface area contributed by atoms with Crippen LogP contribution in [0.5, 0.6) is 0 Å². The van der Waals surface area contributed by atoms with Gasteiger partial charge in [-0.05, 0) is 38.0 Å². The quantitative estimate of drug-likeness (QED) is 0.703. The highest BCUT2D eigenvalue weighted by molar-refractivity contribution is 6.30. The summed E-state index contributed by atoms with van der Waals surface area (Å²) in [7, 11) is 0. The van der Waals surface area contributed by atoms with Crippen LogP contribution in [0.3, 0.4) is 0 Å². The van der Waals surface area contributed by atoms with Gasteiger partial charge in [-0.25, -0.2) is 0 Å². The van der Waals surface area contributed by atoms with Gasteiger partial charge in [0.15, 0.2) is 0 Å². The summed E-state index contributed by atoms with van der Waals surface area (Å²) in [6.07, 6.45) is 0.754. The van der Waals surface area contributed by atoms with Crippen molar-refractivity contribution in [3.8, 4) is 0 Å². The molecular formula is C17H25ClN2O3. The Morgan fingerprint density at radius 2 is 1.96 bits per heavy atom. The van der Waals surface area contributed by atoms with E-state index in [0.29, 0.717) is 31.3 Å². The molecule has 1 aromatic carbocycles. The molecule has 1 rings (SSSR count). The van der Waals surface area contributed by atoms with Crippen molar-refractivity contribution in [2.45, 2.75) is 39.8 Å². The SMILES string of the molecule is CCOCCCNC(=O)[C@@H](C)N(Cc1ccc(Cl)cc1)C(C)=O. The first-order valence-electron chi connectivity index (χ1n) is 7.82. The summed E-state index contributed by atoms with van der Waals surface area (Å²) in [6, 6.07) is 6.72. The van der Waals surface area contributed by atoms with Gasteiger partial charge in [0, 0.05) is 38.2 Å². The monoisotopic (exact) mass is 340 g/mol. The van der Waals surface area contributed by atoms with Gasteiger partial charge in [0.1, 0.15) is 6.04 Å². The van der Waals surface area contributed by atoms with Gasteiger partial charge in [0.2, 0.25) is 11.8 Å². The van der Waals surface area contributed by atoms with Crippen molar-refractivity contribution in [3.63, 3.8) is 0 Å². The second-order valence-electron chi connectivity index (χ2n) is 5.29. The lowest BCUT2D eigenvalue weighted by Crippen LogP contribution is -2.47. The number of amides is 2. The number of hydrogen-bond acceptors (Lipinski definition) is 3. The zero-order valence-electron chi connectivity index (χ0n) is 14.0. The molecule has 0 spiro atoms. The van der Waals surface area contributed by atoms with Crippen LogP contribution in [-0.4, -0.2) is 42.5 Å². The summed E-state index contributed by atoms with van der Waals surface area (Å²) in [5.74, 6) is -0.303. The van der Waals surface area contributed by atoms with Crippen LogP contribution in [0, 0.1) is 0 Å². The fourth-order valence-electron chi connectivity index (χ4n) is 2.13. The van der Waals surface area contributed by atoms with Crippen molar-refractivity contribution < 1.29 is 14.3 Å². The van der Waals surface area contributed by atoms with Crippen LogP contribution >= 0.6 is 11.6 Å². The highest BCUT2D eigenvalue weighted by Gasteiger charge is 2.23. The minimum atomic E-state index is -0.532. The third-order valence-electron chi connectivity index (χ3n) is 3.49. The van der Waals surface area contributed by atoms with Crippen LogP contribution < -0.4 is 5.32 Å². The molecular weight excluding hydrogens is 316 g/mol. The molecule has 5 nitrogen and oxygen atoms in total. The number of nitrogens with one attached hydrogen (secondary N) is 1. The normalized spacial score (nSPS) is 11.8. The first-order chi connectivity index (χ1) is 11.0. The maximum absolute atomic E-state index is 12.2. The molecule has 0 bridgehead atoms. The summed E-state index contributed by atoms with van der Waals surface area (Å²) >= 11 is 5.86. The molecule has 0 unspecified atom stereocenters. The van der Waals surface area contributed by atoms with Crippen molar-refractivity contribution in [1.82, 2.24) is 10.2 Å². The lowest BCUT2D eigenvalue weighted by atomic mass is 10.1. The predicted molar refractivity (Wildman–Crippen MR) is 91.3 cm³/mol. The second-order valence-corrected chi connectivity index (χ2v) is 5.73. The Kier molecular flexibility index (Phi) is 8.66. The zero-order chi connectivity index (χ0) is 17.2. The standard InChI is InChI=1S/C17H25ClN2O3/c1-4-23-11-5-10-19-17(22)13(2)20(14(3)21)12-15-6-8-16(18)9-7-15/h6-9,13H,4-5,10-12H2,1-3H3,(H,19,22)/t13-/m1/s1. The first-order valence-corrected chi connectivity index (χ1v) is 8.20. The molecule has 0 saturated carbocycles. The molecule has 1 aromatic rings. The number of nitrogens with zero attached hydrogens (tertiary/aromatic N) is 1. The van der Waals surface area contributed by atoms with Gasteiger partial charge in [-0.1, -0.05) is 23.7 Å². The van der Waals surface area contributed by atoms with Crippen molar-refractivity contribution in [2.75, 3.05) is 19.8 Å². The summed E-state index contributed by atoms with van der Waals surface area (Å²) in [6.45, 7) is 7.33. The average molecular weight is 341 g/mol. The van der Waals surface area contributed by atoms with E-state index in [1.807, 2.05) is 19.1 Å². The van der Waals surface area contributed by atoms with Crippen LogP contribution in [0.4, 0.5) is 0 Å². The van der Waals surface area contributed by atoms with E-state index in [2.05, 4.69) is 5.32 Å². The van der Waals surface area contributed by atoms with E-state index in [4.69, 9.17) is 16.3 Å². The Bertz CT molecular complexity index is 505. The third kappa shape index (κ3) is 7.01. The summed E-state index contributed by atoms with van der Waals surface area (Å²) in [5.41, 5.74) is 0.931. The van der Waals surface area contributed by atoms with E-state index in [0.717, 1.165) is 12.0 Å². The minimum Gasteiger partial charge on any atom is -0.382 e. The van der Waals surface area contributed by atoms with Crippen molar-refractivity contribution in [2.24, 2.45) is 0 Å². The molecule has 0 aliphatic carbocycles. The summed E-state index contributed by atoms with van der Waals surface area (Å²) in [4.78, 5) is 25.6. The molecule has 6 heteroatoms. The van der Waals surface area contributed by atoms with Crippen LogP contribution in [0.15, 0.2) is 24.3 Å². The van der Waals surface area contributed by atoms with Crippen LogP contribution in [0.25, 0.3) is 0 Å². The van der Waals surface area contributed by atoms with Crippen molar-refractivity contribution in [1.29, 1.82) is 0 Å². The average Bonchev–Trinajstić information content (AvgIpc) is 2.53. The Labute approximate surface area is 142 Å². The largest absolute Gasteiger partial charge is 0.382 e. The smallest absolute Gasteiger partial charge is 0.242 e. The molecule has 0 saturated heterocycles. The highest BCUT2D eigenvalue weighted by atomic mass is 35.5. The number of rotatable bonds is 9. The molecule has 0 aliphatic heterocycles. The number of benzene rings is 1. The molecule has 128 valence electrons. The molecule has 0 fully saturated rings. The predicted octanol–water partition coefficient (Wildman–Crippen LogP) is 2.62. The van der Waals surface area contributed by atoms with Crippen LogP contribution in [-0.2, 0) is 20.9 Å². The molecule has 0 radical (unpaired) electrons. The van der Waals surface area contributed by atoms with Crippen LogP contribution in [0.2, 0.25) is 5.02 Å². The topological polar surface area (TPSA) is 58.6 Å². The fraction of sp³-hybridized carbons (Fsp3) is 0.529.